The molecule has 0 aliphatic carbocycles. The van der Waals surface area contributed by atoms with Crippen molar-refractivity contribution in [3.63, 3.8) is 0 Å². The lowest BCUT2D eigenvalue weighted by molar-refractivity contribution is -0.136. The van der Waals surface area contributed by atoms with E-state index in [1.165, 1.54) is 0 Å². The van der Waals surface area contributed by atoms with Crippen LogP contribution in [0.4, 0.5) is 22.2 Å². The summed E-state index contributed by atoms with van der Waals surface area (Å²) in [4.78, 5) is 44.0. The van der Waals surface area contributed by atoms with Crippen LogP contribution in [-0.4, -0.2) is 112 Å². The van der Waals surface area contributed by atoms with E-state index < -0.39 is 5.60 Å². The highest BCUT2D eigenvalue weighted by atomic mass is 16.6. The van der Waals surface area contributed by atoms with Crippen molar-refractivity contribution in [3.05, 3.63) is 23.7 Å². The first-order chi connectivity index (χ1) is 19.5. The predicted octanol–water partition coefficient (Wildman–Crippen LogP) is 3.04. The molecule has 0 bridgehead atoms. The van der Waals surface area contributed by atoms with Gasteiger partial charge in [-0.25, -0.2) is 14.8 Å². The molecule has 5 rings (SSSR count). The predicted molar refractivity (Wildman–Crippen MR) is 157 cm³/mol. The topological polar surface area (TPSA) is 123 Å². The second kappa shape index (κ2) is 12.2. The highest BCUT2D eigenvalue weighted by Crippen LogP contribution is 2.28. The lowest BCUT2D eigenvalue weighted by Gasteiger charge is -2.34. The SMILES string of the molecule is Cc1cc(Nc2cc(N3CCN(C)CC3)nc(CC3CCN(C(=O)C4CCN(C(=O)OC(C)(C)C)CC4)C3)n2)n[nH]1. The maximum absolute atomic E-state index is 13.4. The van der Waals surface area contributed by atoms with Crippen LogP contribution in [0.3, 0.4) is 0 Å². The number of nitrogens with zero attached hydrogens (tertiary/aromatic N) is 7. The normalized spacial score (nSPS) is 20.9. The number of piperazine rings is 1. The summed E-state index contributed by atoms with van der Waals surface area (Å²) in [5.41, 5.74) is 0.462. The van der Waals surface area contributed by atoms with Gasteiger partial charge in [-0.05, 0) is 59.9 Å². The fraction of sp³-hybridized carbons (Fsp3) is 0.690. The summed E-state index contributed by atoms with van der Waals surface area (Å²) < 4.78 is 5.50. The number of aromatic amines is 1. The number of piperidine rings is 1. The number of hydrogen-bond acceptors (Lipinski definition) is 9. The Bertz CT molecular complexity index is 1210. The van der Waals surface area contributed by atoms with Gasteiger partial charge in [0.15, 0.2) is 5.82 Å². The van der Waals surface area contributed by atoms with Gasteiger partial charge in [-0.3, -0.25) is 9.89 Å². The summed E-state index contributed by atoms with van der Waals surface area (Å²) in [6.07, 6.45) is 2.72. The number of likely N-dealkylation sites (tertiary alicyclic amines) is 2. The van der Waals surface area contributed by atoms with Gasteiger partial charge in [-0.1, -0.05) is 0 Å². The number of anilines is 3. The van der Waals surface area contributed by atoms with Gasteiger partial charge in [0.05, 0.1) is 0 Å². The van der Waals surface area contributed by atoms with Crippen molar-refractivity contribution in [1.29, 1.82) is 0 Å². The third kappa shape index (κ3) is 7.66. The van der Waals surface area contributed by atoms with Crippen LogP contribution in [0.5, 0.6) is 0 Å². The zero-order valence-corrected chi connectivity index (χ0v) is 25.1. The van der Waals surface area contributed by atoms with Crippen LogP contribution >= 0.6 is 0 Å². The summed E-state index contributed by atoms with van der Waals surface area (Å²) in [5, 5.41) is 10.6. The lowest BCUT2D eigenvalue weighted by atomic mass is 9.95. The second-order valence-corrected chi connectivity index (χ2v) is 12.8. The van der Waals surface area contributed by atoms with Crippen molar-refractivity contribution in [3.8, 4) is 0 Å². The molecular weight excluding hydrogens is 522 g/mol. The standard InChI is InChI=1S/C29H45N9O3/c1-20-16-25(34-33-20)31-24-18-26(36-14-12-35(5)13-15-36)32-23(30-24)17-21-6-9-38(19-21)27(39)22-7-10-37(11-8-22)28(40)41-29(2,3)4/h16,18,21-22H,6-15,17,19H2,1-5H3,(H2,30,31,32,33,34). The number of aromatic nitrogens is 4. The van der Waals surface area contributed by atoms with E-state index in [0.29, 0.717) is 38.4 Å². The second-order valence-electron chi connectivity index (χ2n) is 12.8. The molecule has 2 aromatic rings. The van der Waals surface area contributed by atoms with E-state index in [-0.39, 0.29) is 17.9 Å². The van der Waals surface area contributed by atoms with Gasteiger partial charge in [0.25, 0.3) is 0 Å². The molecule has 1 unspecified atom stereocenters. The number of amides is 2. The lowest BCUT2D eigenvalue weighted by Crippen LogP contribution is -2.45. The maximum Gasteiger partial charge on any atom is 0.410 e. The van der Waals surface area contributed by atoms with Gasteiger partial charge in [-0.15, -0.1) is 0 Å². The van der Waals surface area contributed by atoms with Crippen molar-refractivity contribution in [2.24, 2.45) is 11.8 Å². The van der Waals surface area contributed by atoms with Gasteiger partial charge < -0.3 is 29.7 Å². The van der Waals surface area contributed by atoms with Gasteiger partial charge in [0.1, 0.15) is 23.1 Å². The Hall–Kier alpha value is -3.41. The number of likely N-dealkylation sites (N-methyl/N-ethyl adjacent to an activating group) is 1. The first kappa shape index (κ1) is 29.1. The zero-order valence-electron chi connectivity index (χ0n) is 25.1. The average Bonchev–Trinajstić information content (AvgIpc) is 3.56. The molecule has 0 spiro atoms. The Morgan fingerprint density at radius 3 is 2.34 bits per heavy atom. The quantitative estimate of drug-likeness (QED) is 0.542. The number of ether oxygens (including phenoxy) is 1. The minimum Gasteiger partial charge on any atom is -0.444 e. The molecule has 2 N–H and O–H groups in total. The molecule has 3 aliphatic heterocycles. The third-order valence-electron chi connectivity index (χ3n) is 8.11. The fourth-order valence-electron chi connectivity index (χ4n) is 5.80. The Kier molecular flexibility index (Phi) is 8.67. The summed E-state index contributed by atoms with van der Waals surface area (Å²) in [6.45, 7) is 14.0. The molecule has 41 heavy (non-hydrogen) atoms. The van der Waals surface area contributed by atoms with Crippen molar-refractivity contribution in [1.82, 2.24) is 34.9 Å². The van der Waals surface area contributed by atoms with Gasteiger partial charge in [-0.2, -0.15) is 5.10 Å². The van der Waals surface area contributed by atoms with E-state index in [2.05, 4.69) is 32.4 Å². The number of hydrogen-bond donors (Lipinski definition) is 2. The van der Waals surface area contributed by atoms with Gasteiger partial charge in [0.2, 0.25) is 5.91 Å². The molecular formula is C29H45N9O3. The fourth-order valence-corrected chi connectivity index (χ4v) is 5.80. The third-order valence-corrected chi connectivity index (χ3v) is 8.11. The average molecular weight is 568 g/mol. The Morgan fingerprint density at radius 2 is 1.68 bits per heavy atom. The molecule has 0 aromatic carbocycles. The highest BCUT2D eigenvalue weighted by molar-refractivity contribution is 5.79. The van der Waals surface area contributed by atoms with E-state index in [1.54, 1.807) is 4.90 Å². The Labute approximate surface area is 242 Å². The van der Waals surface area contributed by atoms with Crippen LogP contribution in [0.1, 0.15) is 51.6 Å². The molecule has 3 fully saturated rings. The minimum absolute atomic E-state index is 0.0441. The van der Waals surface area contributed by atoms with E-state index in [0.717, 1.165) is 74.5 Å². The number of H-pyrrole nitrogens is 1. The molecule has 224 valence electrons. The largest absolute Gasteiger partial charge is 0.444 e. The van der Waals surface area contributed by atoms with Crippen LogP contribution in [0, 0.1) is 18.8 Å². The molecule has 2 aromatic heterocycles. The molecule has 1 atom stereocenters. The number of carbonyl (C=O) groups excluding carboxylic acids is 2. The van der Waals surface area contributed by atoms with Crippen LogP contribution in [-0.2, 0) is 16.0 Å². The highest BCUT2D eigenvalue weighted by Gasteiger charge is 2.35. The van der Waals surface area contributed by atoms with Crippen LogP contribution in [0.2, 0.25) is 0 Å². The number of carbonyl (C=O) groups is 2. The number of rotatable bonds is 6. The number of nitrogens with one attached hydrogen (secondary N) is 2. The van der Waals surface area contributed by atoms with E-state index in [9.17, 15) is 9.59 Å². The van der Waals surface area contributed by atoms with E-state index in [1.807, 2.05) is 44.7 Å². The van der Waals surface area contributed by atoms with Crippen molar-refractivity contribution in [2.75, 3.05) is 69.6 Å². The van der Waals surface area contributed by atoms with Gasteiger partial charge in [0, 0.05) is 82.5 Å². The molecule has 5 heterocycles. The van der Waals surface area contributed by atoms with E-state index >= 15 is 0 Å². The summed E-state index contributed by atoms with van der Waals surface area (Å²) in [5.74, 6) is 3.66. The minimum atomic E-state index is -0.517. The molecule has 2 amide bonds. The Balaban J connectivity index is 1.19. The summed E-state index contributed by atoms with van der Waals surface area (Å²) in [7, 11) is 2.15. The smallest absolute Gasteiger partial charge is 0.410 e. The monoisotopic (exact) mass is 567 g/mol. The van der Waals surface area contributed by atoms with Crippen LogP contribution < -0.4 is 10.2 Å². The van der Waals surface area contributed by atoms with Crippen molar-refractivity contribution < 1.29 is 14.3 Å². The van der Waals surface area contributed by atoms with E-state index in [4.69, 9.17) is 14.7 Å². The molecule has 3 saturated heterocycles. The zero-order chi connectivity index (χ0) is 29.1. The first-order valence-corrected chi connectivity index (χ1v) is 14.9. The molecule has 0 saturated carbocycles. The maximum atomic E-state index is 13.4. The van der Waals surface area contributed by atoms with Crippen LogP contribution in [0.15, 0.2) is 12.1 Å². The Morgan fingerprint density at radius 1 is 0.976 bits per heavy atom. The van der Waals surface area contributed by atoms with Crippen molar-refractivity contribution in [2.45, 2.75) is 59.0 Å². The molecule has 12 nitrogen and oxygen atoms in total. The van der Waals surface area contributed by atoms with Crippen molar-refractivity contribution >= 4 is 29.5 Å². The number of aryl methyl sites for hydroxylation is 1. The van der Waals surface area contributed by atoms with Gasteiger partial charge >= 0.3 is 6.09 Å². The molecule has 12 heteroatoms. The molecule has 0 radical (unpaired) electrons. The molecule has 3 aliphatic rings. The van der Waals surface area contributed by atoms with Crippen LogP contribution in [0.25, 0.3) is 0 Å². The summed E-state index contributed by atoms with van der Waals surface area (Å²) in [6, 6.07) is 3.96. The first-order valence-electron chi connectivity index (χ1n) is 14.9. The summed E-state index contributed by atoms with van der Waals surface area (Å²) >= 11 is 0.